The summed E-state index contributed by atoms with van der Waals surface area (Å²) in [5.41, 5.74) is 0.676. The average molecular weight is 308 g/mol. The van der Waals surface area contributed by atoms with Crippen molar-refractivity contribution < 1.29 is 13.9 Å². The van der Waals surface area contributed by atoms with Crippen LogP contribution in [0.15, 0.2) is 23.6 Å². The zero-order valence-electron chi connectivity index (χ0n) is 12.1. The van der Waals surface area contributed by atoms with E-state index in [-0.39, 0.29) is 5.91 Å². The highest BCUT2D eigenvalue weighted by atomic mass is 32.1. The van der Waals surface area contributed by atoms with Crippen LogP contribution in [0.1, 0.15) is 24.3 Å². The van der Waals surface area contributed by atoms with Crippen molar-refractivity contribution in [3.05, 3.63) is 35.1 Å². The number of carbonyl (C=O) groups is 1. The summed E-state index contributed by atoms with van der Waals surface area (Å²) in [5, 5.41) is 4.90. The van der Waals surface area contributed by atoms with Crippen LogP contribution in [-0.2, 0) is 0 Å². The Kier molecular flexibility index (Phi) is 4.90. The van der Waals surface area contributed by atoms with Gasteiger partial charge in [0, 0.05) is 23.6 Å². The Morgan fingerprint density at radius 2 is 2.24 bits per heavy atom. The third-order valence-electron chi connectivity index (χ3n) is 2.81. The Morgan fingerprint density at radius 3 is 2.86 bits per heavy atom. The summed E-state index contributed by atoms with van der Waals surface area (Å²) in [6.45, 7) is 4.61. The van der Waals surface area contributed by atoms with E-state index < -0.39 is 5.82 Å². The van der Waals surface area contributed by atoms with Crippen molar-refractivity contribution in [1.82, 2.24) is 10.3 Å². The monoisotopic (exact) mass is 308 g/mol. The van der Waals surface area contributed by atoms with E-state index in [2.05, 4.69) is 10.3 Å². The van der Waals surface area contributed by atoms with Gasteiger partial charge in [0.2, 0.25) is 0 Å². The van der Waals surface area contributed by atoms with Gasteiger partial charge in [-0.25, -0.2) is 9.37 Å². The Bertz CT molecular complexity index is 640. The molecule has 2 aromatic rings. The highest BCUT2D eigenvalue weighted by Gasteiger charge is 2.14. The largest absolute Gasteiger partial charge is 0.497 e. The van der Waals surface area contributed by atoms with Gasteiger partial charge in [-0.05, 0) is 18.1 Å². The molecule has 0 aliphatic heterocycles. The Labute approximate surface area is 127 Å². The van der Waals surface area contributed by atoms with Gasteiger partial charge in [-0.3, -0.25) is 4.79 Å². The molecule has 0 unspecified atom stereocenters. The molecular weight excluding hydrogens is 291 g/mol. The van der Waals surface area contributed by atoms with Crippen molar-refractivity contribution in [2.75, 3.05) is 13.7 Å². The predicted molar refractivity (Wildman–Crippen MR) is 81.2 cm³/mol. The van der Waals surface area contributed by atoms with Crippen LogP contribution in [0.4, 0.5) is 4.39 Å². The second-order valence-electron chi connectivity index (χ2n) is 4.99. The fraction of sp³-hybridized carbons (Fsp3) is 0.333. The maximum Gasteiger partial charge on any atom is 0.270 e. The third-order valence-corrected chi connectivity index (χ3v) is 3.69. The smallest absolute Gasteiger partial charge is 0.270 e. The number of amides is 1. The molecule has 1 amide bonds. The highest BCUT2D eigenvalue weighted by molar-refractivity contribution is 7.13. The van der Waals surface area contributed by atoms with E-state index in [9.17, 15) is 9.18 Å². The normalized spacial score (nSPS) is 10.7. The molecule has 0 saturated carbocycles. The summed E-state index contributed by atoms with van der Waals surface area (Å²) >= 11 is 1.24. The minimum Gasteiger partial charge on any atom is -0.497 e. The second kappa shape index (κ2) is 6.67. The van der Waals surface area contributed by atoms with Crippen molar-refractivity contribution in [1.29, 1.82) is 0 Å². The zero-order chi connectivity index (χ0) is 15.4. The number of rotatable bonds is 5. The van der Waals surface area contributed by atoms with Gasteiger partial charge in [-0.1, -0.05) is 13.8 Å². The van der Waals surface area contributed by atoms with Gasteiger partial charge < -0.3 is 10.1 Å². The lowest BCUT2D eigenvalue weighted by Crippen LogP contribution is -2.27. The van der Waals surface area contributed by atoms with E-state index in [4.69, 9.17) is 4.74 Å². The summed E-state index contributed by atoms with van der Waals surface area (Å²) < 4.78 is 18.9. The fourth-order valence-electron chi connectivity index (χ4n) is 1.69. The van der Waals surface area contributed by atoms with Crippen LogP contribution in [0.3, 0.4) is 0 Å². The van der Waals surface area contributed by atoms with Crippen molar-refractivity contribution >= 4 is 17.2 Å². The van der Waals surface area contributed by atoms with Gasteiger partial charge >= 0.3 is 0 Å². The number of nitrogens with zero attached hydrogens (tertiary/aromatic N) is 1. The topological polar surface area (TPSA) is 51.2 Å². The van der Waals surface area contributed by atoms with E-state index in [1.54, 1.807) is 17.5 Å². The molecule has 1 N–H and O–H groups in total. The molecule has 2 rings (SSSR count). The summed E-state index contributed by atoms with van der Waals surface area (Å²) in [4.78, 5) is 16.1. The van der Waals surface area contributed by atoms with Gasteiger partial charge in [0.1, 0.15) is 22.3 Å². The van der Waals surface area contributed by atoms with Crippen molar-refractivity contribution in [3.8, 4) is 16.3 Å². The molecule has 1 heterocycles. The van der Waals surface area contributed by atoms with Crippen molar-refractivity contribution in [2.45, 2.75) is 13.8 Å². The van der Waals surface area contributed by atoms with E-state index >= 15 is 0 Å². The quantitative estimate of drug-likeness (QED) is 0.921. The summed E-state index contributed by atoms with van der Waals surface area (Å²) in [7, 11) is 1.48. The van der Waals surface area contributed by atoms with Crippen LogP contribution >= 0.6 is 11.3 Å². The molecule has 0 bridgehead atoms. The number of methoxy groups -OCH3 is 1. The molecule has 21 heavy (non-hydrogen) atoms. The van der Waals surface area contributed by atoms with Crippen LogP contribution < -0.4 is 10.1 Å². The predicted octanol–water partition coefficient (Wildman–Crippen LogP) is 3.34. The second-order valence-corrected chi connectivity index (χ2v) is 5.85. The van der Waals surface area contributed by atoms with Crippen LogP contribution in [0.2, 0.25) is 0 Å². The maximum atomic E-state index is 14.0. The molecule has 0 spiro atoms. The Hall–Kier alpha value is -1.95. The molecule has 0 saturated heterocycles. The molecule has 1 aromatic heterocycles. The molecule has 0 aliphatic carbocycles. The number of carbonyl (C=O) groups excluding carboxylic acids is 1. The first-order valence-corrected chi connectivity index (χ1v) is 7.47. The SMILES string of the molecule is COc1ccc(-c2nc(C(=O)NCC(C)C)cs2)c(F)c1. The summed E-state index contributed by atoms with van der Waals surface area (Å²) in [6, 6.07) is 4.57. The van der Waals surface area contributed by atoms with Gasteiger partial charge in [0.05, 0.1) is 7.11 Å². The van der Waals surface area contributed by atoms with E-state index in [1.165, 1.54) is 24.5 Å². The van der Waals surface area contributed by atoms with E-state index in [0.717, 1.165) is 0 Å². The lowest BCUT2D eigenvalue weighted by Gasteiger charge is -2.05. The lowest BCUT2D eigenvalue weighted by atomic mass is 10.2. The van der Waals surface area contributed by atoms with Crippen molar-refractivity contribution in [2.24, 2.45) is 5.92 Å². The molecule has 0 radical (unpaired) electrons. The number of hydrogen-bond acceptors (Lipinski definition) is 4. The number of aromatic nitrogens is 1. The van der Waals surface area contributed by atoms with Crippen LogP contribution in [-0.4, -0.2) is 24.5 Å². The zero-order valence-corrected chi connectivity index (χ0v) is 13.0. The summed E-state index contributed by atoms with van der Waals surface area (Å²) in [6.07, 6.45) is 0. The van der Waals surface area contributed by atoms with Gasteiger partial charge in [-0.15, -0.1) is 11.3 Å². The van der Waals surface area contributed by atoms with E-state index in [1.807, 2.05) is 13.8 Å². The number of benzene rings is 1. The number of nitrogens with one attached hydrogen (secondary N) is 1. The number of ether oxygens (including phenoxy) is 1. The molecule has 4 nitrogen and oxygen atoms in total. The first kappa shape index (κ1) is 15.4. The van der Waals surface area contributed by atoms with E-state index in [0.29, 0.717) is 34.5 Å². The molecule has 1 aromatic carbocycles. The number of thiazole rings is 1. The van der Waals surface area contributed by atoms with Gasteiger partial charge in [0.25, 0.3) is 5.91 Å². The first-order valence-electron chi connectivity index (χ1n) is 6.59. The average Bonchev–Trinajstić information content (AvgIpc) is 2.94. The number of hydrogen-bond donors (Lipinski definition) is 1. The minimum absolute atomic E-state index is 0.236. The standard InChI is InChI=1S/C15H17FN2O2S/c1-9(2)7-17-14(19)13-8-21-15(18-13)11-5-4-10(20-3)6-12(11)16/h4-6,8-9H,7H2,1-3H3,(H,17,19). The van der Waals surface area contributed by atoms with Crippen LogP contribution in [0.5, 0.6) is 5.75 Å². The van der Waals surface area contributed by atoms with Crippen LogP contribution in [0.25, 0.3) is 10.6 Å². The highest BCUT2D eigenvalue weighted by Crippen LogP contribution is 2.28. The molecule has 6 heteroatoms. The number of halogens is 1. The molecule has 0 fully saturated rings. The molecule has 112 valence electrons. The summed E-state index contributed by atoms with van der Waals surface area (Å²) in [5.74, 6) is 0.159. The molecule has 0 aliphatic rings. The minimum atomic E-state index is -0.419. The third kappa shape index (κ3) is 3.78. The molecule has 0 atom stereocenters. The Morgan fingerprint density at radius 1 is 1.48 bits per heavy atom. The van der Waals surface area contributed by atoms with Crippen LogP contribution in [0, 0.1) is 11.7 Å². The van der Waals surface area contributed by atoms with Gasteiger partial charge in [-0.2, -0.15) is 0 Å². The maximum absolute atomic E-state index is 14.0. The lowest BCUT2D eigenvalue weighted by molar-refractivity contribution is 0.0945. The first-order chi connectivity index (χ1) is 10.0. The van der Waals surface area contributed by atoms with Gasteiger partial charge in [0.15, 0.2) is 0 Å². The fourth-order valence-corrected chi connectivity index (χ4v) is 2.51. The van der Waals surface area contributed by atoms with Crippen molar-refractivity contribution in [3.63, 3.8) is 0 Å². The Balaban J connectivity index is 2.18. The molecular formula is C15H17FN2O2S.